The molecule has 0 bridgehead atoms. The highest BCUT2D eigenvalue weighted by Gasteiger charge is 2.33. The Morgan fingerprint density at radius 2 is 2.00 bits per heavy atom. The highest BCUT2D eigenvalue weighted by atomic mass is 35.5. The first-order valence-corrected chi connectivity index (χ1v) is 8.07. The first kappa shape index (κ1) is 14.2. The van der Waals surface area contributed by atoms with Gasteiger partial charge in [0.25, 0.3) is 0 Å². The molecule has 0 aromatic heterocycles. The number of hydrogen-bond donors (Lipinski definition) is 2. The van der Waals surface area contributed by atoms with Gasteiger partial charge in [0.15, 0.2) is 0 Å². The maximum atomic E-state index is 13.1. The minimum atomic E-state index is -0.279. The third kappa shape index (κ3) is 3.09. The Balaban J connectivity index is 1.72. The molecule has 20 heavy (non-hydrogen) atoms. The van der Waals surface area contributed by atoms with E-state index in [1.54, 1.807) is 6.07 Å². The molecule has 2 aliphatic rings. The second-order valence-electron chi connectivity index (χ2n) is 6.03. The smallest absolute Gasteiger partial charge is 0.124 e. The van der Waals surface area contributed by atoms with Gasteiger partial charge >= 0.3 is 0 Å². The van der Waals surface area contributed by atoms with E-state index in [0.29, 0.717) is 23.0 Å². The van der Waals surface area contributed by atoms with Crippen molar-refractivity contribution in [1.82, 2.24) is 5.32 Å². The zero-order valence-electron chi connectivity index (χ0n) is 11.7. The zero-order valence-corrected chi connectivity index (χ0v) is 12.4. The summed E-state index contributed by atoms with van der Waals surface area (Å²) in [5.74, 6) is 0.380. The van der Waals surface area contributed by atoms with E-state index in [-0.39, 0.29) is 5.82 Å². The summed E-state index contributed by atoms with van der Waals surface area (Å²) in [4.78, 5) is 0. The summed E-state index contributed by atoms with van der Waals surface area (Å²) in [6.07, 6.45) is 7.59. The van der Waals surface area contributed by atoms with Crippen molar-refractivity contribution >= 4 is 17.3 Å². The van der Waals surface area contributed by atoms with Crippen LogP contribution in [0.4, 0.5) is 10.1 Å². The lowest BCUT2D eigenvalue weighted by Crippen LogP contribution is -2.43. The number of rotatable bonds is 3. The molecular formula is C16H22ClFN2. The van der Waals surface area contributed by atoms with Gasteiger partial charge in [-0.1, -0.05) is 24.4 Å². The van der Waals surface area contributed by atoms with Crippen LogP contribution in [0.5, 0.6) is 0 Å². The molecule has 1 aliphatic heterocycles. The number of nitrogens with one attached hydrogen (secondary N) is 2. The van der Waals surface area contributed by atoms with Gasteiger partial charge in [-0.25, -0.2) is 4.39 Å². The van der Waals surface area contributed by atoms with Gasteiger partial charge in [0, 0.05) is 12.1 Å². The molecule has 0 amide bonds. The van der Waals surface area contributed by atoms with Gasteiger partial charge in [-0.05, 0) is 56.3 Å². The second-order valence-corrected chi connectivity index (χ2v) is 6.43. The molecule has 3 atom stereocenters. The van der Waals surface area contributed by atoms with Crippen LogP contribution in [0.15, 0.2) is 18.2 Å². The molecule has 1 saturated heterocycles. The normalized spacial score (nSPS) is 30.4. The summed E-state index contributed by atoms with van der Waals surface area (Å²) in [6, 6.07) is 5.69. The van der Waals surface area contributed by atoms with Gasteiger partial charge in [-0.3, -0.25) is 0 Å². The van der Waals surface area contributed by atoms with Gasteiger partial charge in [0.2, 0.25) is 0 Å². The van der Waals surface area contributed by atoms with Crippen molar-refractivity contribution < 1.29 is 4.39 Å². The van der Waals surface area contributed by atoms with Crippen LogP contribution in [-0.4, -0.2) is 18.6 Å². The lowest BCUT2D eigenvalue weighted by atomic mass is 9.79. The van der Waals surface area contributed by atoms with Crippen LogP contribution in [-0.2, 0) is 0 Å². The van der Waals surface area contributed by atoms with Crippen molar-refractivity contribution in [3.05, 3.63) is 29.0 Å². The van der Waals surface area contributed by atoms with E-state index < -0.39 is 0 Å². The van der Waals surface area contributed by atoms with Crippen LogP contribution in [0.2, 0.25) is 5.02 Å². The quantitative estimate of drug-likeness (QED) is 0.873. The van der Waals surface area contributed by atoms with Crippen molar-refractivity contribution in [2.24, 2.45) is 5.92 Å². The van der Waals surface area contributed by atoms with Crippen LogP contribution in [0.1, 0.15) is 38.5 Å². The molecule has 3 rings (SSSR count). The van der Waals surface area contributed by atoms with Gasteiger partial charge in [-0.15, -0.1) is 0 Å². The second kappa shape index (κ2) is 6.31. The van der Waals surface area contributed by atoms with E-state index in [1.807, 2.05) is 0 Å². The standard InChI is InChI=1S/C16H22ClFN2/c17-13-10-11(18)7-8-16(13)20-15-5-2-1-4-12(15)14-6-3-9-19-14/h7-8,10,12,14-15,19-20H,1-6,9H2. The third-order valence-electron chi connectivity index (χ3n) is 4.71. The van der Waals surface area contributed by atoms with Gasteiger partial charge in [0.1, 0.15) is 5.82 Å². The predicted octanol–water partition coefficient (Wildman–Crippen LogP) is 4.20. The van der Waals surface area contributed by atoms with Crippen LogP contribution in [0.25, 0.3) is 0 Å². The van der Waals surface area contributed by atoms with Crippen molar-refractivity contribution in [3.63, 3.8) is 0 Å². The van der Waals surface area contributed by atoms with E-state index in [2.05, 4.69) is 10.6 Å². The van der Waals surface area contributed by atoms with Crippen molar-refractivity contribution in [2.75, 3.05) is 11.9 Å². The predicted molar refractivity (Wildman–Crippen MR) is 81.8 cm³/mol. The Kier molecular flexibility index (Phi) is 4.47. The molecule has 0 radical (unpaired) electrons. The summed E-state index contributed by atoms with van der Waals surface area (Å²) in [5.41, 5.74) is 0.864. The highest BCUT2D eigenvalue weighted by molar-refractivity contribution is 6.33. The van der Waals surface area contributed by atoms with E-state index >= 15 is 0 Å². The topological polar surface area (TPSA) is 24.1 Å². The molecule has 4 heteroatoms. The molecule has 1 aromatic carbocycles. The summed E-state index contributed by atoms with van der Waals surface area (Å²) >= 11 is 6.14. The van der Waals surface area contributed by atoms with Crippen molar-refractivity contribution in [1.29, 1.82) is 0 Å². The average Bonchev–Trinajstić information content (AvgIpc) is 2.96. The van der Waals surface area contributed by atoms with Crippen molar-refractivity contribution in [2.45, 2.75) is 50.6 Å². The van der Waals surface area contributed by atoms with Crippen molar-refractivity contribution in [3.8, 4) is 0 Å². The number of anilines is 1. The fraction of sp³-hybridized carbons (Fsp3) is 0.625. The minimum absolute atomic E-state index is 0.279. The number of hydrogen-bond acceptors (Lipinski definition) is 2. The Labute approximate surface area is 125 Å². The molecule has 110 valence electrons. The number of benzene rings is 1. The molecule has 0 spiro atoms. The van der Waals surface area contributed by atoms with E-state index in [4.69, 9.17) is 11.6 Å². The highest BCUT2D eigenvalue weighted by Crippen LogP contribution is 2.34. The average molecular weight is 297 g/mol. The molecule has 1 aliphatic carbocycles. The summed E-state index contributed by atoms with van der Waals surface area (Å²) in [6.45, 7) is 1.14. The molecule has 1 heterocycles. The van der Waals surface area contributed by atoms with E-state index in [9.17, 15) is 4.39 Å². The Morgan fingerprint density at radius 3 is 2.75 bits per heavy atom. The minimum Gasteiger partial charge on any atom is -0.381 e. The first-order chi connectivity index (χ1) is 9.74. The molecule has 3 unspecified atom stereocenters. The summed E-state index contributed by atoms with van der Waals surface area (Å²) in [5, 5.41) is 7.68. The van der Waals surface area contributed by atoms with Gasteiger partial charge < -0.3 is 10.6 Å². The van der Waals surface area contributed by atoms with Gasteiger partial charge in [-0.2, -0.15) is 0 Å². The van der Waals surface area contributed by atoms with Gasteiger partial charge in [0.05, 0.1) is 10.7 Å². The molecule has 1 aromatic rings. The molecule has 2 fully saturated rings. The molecule has 1 saturated carbocycles. The Morgan fingerprint density at radius 1 is 1.15 bits per heavy atom. The van der Waals surface area contributed by atoms with E-state index in [1.165, 1.54) is 50.7 Å². The SMILES string of the molecule is Fc1ccc(NC2CCCCC2C2CCCN2)c(Cl)c1. The summed E-state index contributed by atoms with van der Waals surface area (Å²) < 4.78 is 13.1. The first-order valence-electron chi connectivity index (χ1n) is 7.69. The lowest BCUT2D eigenvalue weighted by Gasteiger charge is -2.37. The maximum absolute atomic E-state index is 13.1. The molecule has 2 N–H and O–H groups in total. The van der Waals surface area contributed by atoms with Crippen LogP contribution < -0.4 is 10.6 Å². The van der Waals surface area contributed by atoms with Crippen LogP contribution >= 0.6 is 11.6 Å². The molecule has 2 nitrogen and oxygen atoms in total. The van der Waals surface area contributed by atoms with Crippen LogP contribution in [0, 0.1) is 11.7 Å². The Bertz CT molecular complexity index is 460. The lowest BCUT2D eigenvalue weighted by molar-refractivity contribution is 0.263. The van der Waals surface area contributed by atoms with Crippen LogP contribution in [0.3, 0.4) is 0 Å². The molecular weight excluding hydrogens is 275 g/mol. The summed E-state index contributed by atoms with van der Waals surface area (Å²) in [7, 11) is 0. The fourth-order valence-corrected chi connectivity index (χ4v) is 3.93. The largest absolute Gasteiger partial charge is 0.381 e. The monoisotopic (exact) mass is 296 g/mol. The third-order valence-corrected chi connectivity index (χ3v) is 5.02. The maximum Gasteiger partial charge on any atom is 0.124 e. The Hall–Kier alpha value is -0.800. The zero-order chi connectivity index (χ0) is 13.9. The number of halogens is 2. The van der Waals surface area contributed by atoms with E-state index in [0.717, 1.165) is 12.2 Å². The fourth-order valence-electron chi connectivity index (χ4n) is 3.70.